The number of aromatic nitrogens is 2. The van der Waals surface area contributed by atoms with Gasteiger partial charge in [0.05, 0.1) is 23.5 Å². The monoisotopic (exact) mass is 389 g/mol. The largest absolute Gasteiger partial charge is 0.469 e. The first-order chi connectivity index (χ1) is 11.5. The van der Waals surface area contributed by atoms with E-state index in [4.69, 9.17) is 4.42 Å². The number of nitrogens with one attached hydrogen (secondary N) is 1. The number of carbonyl (C=O) groups excluding carboxylic acids is 1. The van der Waals surface area contributed by atoms with Crippen molar-refractivity contribution in [2.45, 2.75) is 25.9 Å². The Morgan fingerprint density at radius 1 is 1.42 bits per heavy atom. The highest BCUT2D eigenvalue weighted by atomic mass is 79.9. The Morgan fingerprint density at radius 3 is 3.00 bits per heavy atom. The Bertz CT molecular complexity index is 918. The maximum atomic E-state index is 12.5. The van der Waals surface area contributed by atoms with Crippen molar-refractivity contribution in [1.29, 1.82) is 0 Å². The van der Waals surface area contributed by atoms with E-state index in [2.05, 4.69) is 26.2 Å². The van der Waals surface area contributed by atoms with Gasteiger partial charge in [-0.05, 0) is 37.3 Å². The molecule has 0 aliphatic heterocycles. The zero-order valence-electron chi connectivity index (χ0n) is 13.0. The molecule has 0 bridgehead atoms. The maximum absolute atomic E-state index is 12.5. The highest BCUT2D eigenvalue weighted by Crippen LogP contribution is 2.14. The summed E-state index contributed by atoms with van der Waals surface area (Å²) in [5, 5.41) is 3.33. The van der Waals surface area contributed by atoms with Crippen LogP contribution in [0.1, 0.15) is 12.7 Å². The van der Waals surface area contributed by atoms with Gasteiger partial charge < -0.3 is 9.73 Å². The first-order valence-electron chi connectivity index (χ1n) is 7.49. The molecule has 1 atom stereocenters. The van der Waals surface area contributed by atoms with Gasteiger partial charge in [-0.25, -0.2) is 4.98 Å². The van der Waals surface area contributed by atoms with Gasteiger partial charge in [-0.15, -0.1) is 0 Å². The normalized spacial score (nSPS) is 12.2. The van der Waals surface area contributed by atoms with Crippen molar-refractivity contribution in [3.63, 3.8) is 0 Å². The minimum atomic E-state index is -0.243. The van der Waals surface area contributed by atoms with E-state index >= 15 is 0 Å². The van der Waals surface area contributed by atoms with Crippen LogP contribution in [-0.2, 0) is 17.8 Å². The third kappa shape index (κ3) is 3.73. The SMILES string of the molecule is CC(Cc1ccco1)NC(=O)Cn1cnc2ccc(Br)cc2c1=O. The van der Waals surface area contributed by atoms with Crippen LogP contribution in [0.25, 0.3) is 10.9 Å². The summed E-state index contributed by atoms with van der Waals surface area (Å²) in [6.07, 6.45) is 3.59. The predicted molar refractivity (Wildman–Crippen MR) is 93.7 cm³/mol. The molecule has 0 saturated carbocycles. The van der Waals surface area contributed by atoms with Gasteiger partial charge in [-0.3, -0.25) is 14.2 Å². The van der Waals surface area contributed by atoms with Crippen LogP contribution < -0.4 is 10.9 Å². The molecule has 0 aliphatic rings. The summed E-state index contributed by atoms with van der Waals surface area (Å²) < 4.78 is 7.37. The van der Waals surface area contributed by atoms with Crippen LogP contribution in [0.5, 0.6) is 0 Å². The molecule has 1 N–H and O–H groups in total. The Kier molecular flexibility index (Phi) is 4.80. The molecule has 124 valence electrons. The van der Waals surface area contributed by atoms with Crippen molar-refractivity contribution in [3.05, 3.63) is 63.5 Å². The fourth-order valence-corrected chi connectivity index (χ4v) is 2.86. The number of hydrogen-bond donors (Lipinski definition) is 1. The van der Waals surface area contributed by atoms with E-state index in [0.29, 0.717) is 17.3 Å². The second-order valence-electron chi connectivity index (χ2n) is 5.59. The van der Waals surface area contributed by atoms with Gasteiger partial charge in [-0.2, -0.15) is 0 Å². The lowest BCUT2D eigenvalue weighted by Crippen LogP contribution is -2.38. The van der Waals surface area contributed by atoms with Gasteiger partial charge in [0.1, 0.15) is 12.3 Å². The Labute approximate surface area is 146 Å². The molecule has 2 heterocycles. The lowest BCUT2D eigenvalue weighted by molar-refractivity contribution is -0.122. The third-order valence-corrected chi connectivity index (χ3v) is 4.09. The lowest BCUT2D eigenvalue weighted by atomic mass is 10.2. The molecule has 3 aromatic rings. The topological polar surface area (TPSA) is 77.1 Å². The van der Waals surface area contributed by atoms with Gasteiger partial charge in [0.15, 0.2) is 0 Å². The third-order valence-electron chi connectivity index (χ3n) is 3.59. The molecular weight excluding hydrogens is 374 g/mol. The van der Waals surface area contributed by atoms with Crippen molar-refractivity contribution >= 4 is 32.7 Å². The molecule has 0 saturated heterocycles. The average Bonchev–Trinajstić information content (AvgIpc) is 3.03. The number of carbonyl (C=O) groups is 1. The summed E-state index contributed by atoms with van der Waals surface area (Å²) in [5.74, 6) is 0.560. The van der Waals surface area contributed by atoms with E-state index in [1.165, 1.54) is 10.9 Å². The van der Waals surface area contributed by atoms with Gasteiger partial charge in [0, 0.05) is 16.9 Å². The maximum Gasteiger partial charge on any atom is 0.261 e. The molecule has 2 aromatic heterocycles. The van der Waals surface area contributed by atoms with Crippen molar-refractivity contribution in [2.75, 3.05) is 0 Å². The van der Waals surface area contributed by atoms with Crippen LogP contribution in [-0.4, -0.2) is 21.5 Å². The minimum absolute atomic E-state index is 0.0726. The molecule has 0 fully saturated rings. The summed E-state index contributed by atoms with van der Waals surface area (Å²) in [6.45, 7) is 1.82. The van der Waals surface area contributed by atoms with Crippen molar-refractivity contribution < 1.29 is 9.21 Å². The Balaban J connectivity index is 1.71. The van der Waals surface area contributed by atoms with Crippen LogP contribution in [0.4, 0.5) is 0 Å². The van der Waals surface area contributed by atoms with Crippen molar-refractivity contribution in [1.82, 2.24) is 14.9 Å². The first kappa shape index (κ1) is 16.4. The summed E-state index contributed by atoms with van der Waals surface area (Å²) in [5.41, 5.74) is 0.362. The number of benzene rings is 1. The molecule has 24 heavy (non-hydrogen) atoms. The molecule has 6 nitrogen and oxygen atoms in total. The first-order valence-corrected chi connectivity index (χ1v) is 8.28. The van der Waals surface area contributed by atoms with Gasteiger partial charge in [0.25, 0.3) is 5.56 Å². The molecule has 1 unspecified atom stereocenters. The van der Waals surface area contributed by atoms with Gasteiger partial charge in [0.2, 0.25) is 5.91 Å². The highest BCUT2D eigenvalue weighted by Gasteiger charge is 2.12. The van der Waals surface area contributed by atoms with Gasteiger partial charge in [-0.1, -0.05) is 15.9 Å². The number of hydrogen-bond acceptors (Lipinski definition) is 4. The molecule has 0 aliphatic carbocycles. The average molecular weight is 390 g/mol. The van der Waals surface area contributed by atoms with Crippen LogP contribution >= 0.6 is 15.9 Å². The fourth-order valence-electron chi connectivity index (χ4n) is 2.50. The Morgan fingerprint density at radius 2 is 2.25 bits per heavy atom. The Hall–Kier alpha value is -2.41. The summed E-state index contributed by atoms with van der Waals surface area (Å²) >= 11 is 3.34. The zero-order chi connectivity index (χ0) is 17.1. The molecule has 1 aromatic carbocycles. The summed E-state index contributed by atoms with van der Waals surface area (Å²) in [4.78, 5) is 28.9. The molecule has 7 heteroatoms. The highest BCUT2D eigenvalue weighted by molar-refractivity contribution is 9.10. The van der Waals surface area contributed by atoms with E-state index in [-0.39, 0.29) is 24.1 Å². The van der Waals surface area contributed by atoms with E-state index in [1.807, 2.05) is 25.1 Å². The van der Waals surface area contributed by atoms with Crippen LogP contribution in [0.3, 0.4) is 0 Å². The minimum Gasteiger partial charge on any atom is -0.469 e. The van der Waals surface area contributed by atoms with Crippen molar-refractivity contribution in [2.24, 2.45) is 0 Å². The number of fused-ring (bicyclic) bond motifs is 1. The standard InChI is InChI=1S/C17H16BrN3O3/c1-11(7-13-3-2-6-24-13)20-16(22)9-21-10-19-15-5-4-12(18)8-14(15)17(21)23/h2-6,8,10-11H,7,9H2,1H3,(H,20,22). The van der Waals surface area contributed by atoms with E-state index in [0.717, 1.165) is 10.2 Å². The van der Waals surface area contributed by atoms with E-state index in [1.54, 1.807) is 18.4 Å². The van der Waals surface area contributed by atoms with Crippen LogP contribution in [0, 0.1) is 0 Å². The molecule has 3 rings (SSSR count). The van der Waals surface area contributed by atoms with Crippen LogP contribution in [0.2, 0.25) is 0 Å². The molecule has 0 radical (unpaired) electrons. The smallest absolute Gasteiger partial charge is 0.261 e. The number of nitrogens with zero attached hydrogens (tertiary/aromatic N) is 2. The molecular formula is C17H16BrN3O3. The quantitative estimate of drug-likeness (QED) is 0.726. The number of halogens is 1. The molecule has 1 amide bonds. The summed E-state index contributed by atoms with van der Waals surface area (Å²) in [7, 11) is 0. The second-order valence-corrected chi connectivity index (χ2v) is 6.51. The van der Waals surface area contributed by atoms with E-state index in [9.17, 15) is 9.59 Å². The van der Waals surface area contributed by atoms with Gasteiger partial charge >= 0.3 is 0 Å². The zero-order valence-corrected chi connectivity index (χ0v) is 14.6. The lowest BCUT2D eigenvalue weighted by Gasteiger charge is -2.13. The number of amides is 1. The predicted octanol–water partition coefficient (Wildman–Crippen LogP) is 2.50. The number of furan rings is 1. The van der Waals surface area contributed by atoms with E-state index < -0.39 is 0 Å². The number of rotatable bonds is 5. The fraction of sp³-hybridized carbons (Fsp3) is 0.235. The van der Waals surface area contributed by atoms with Crippen LogP contribution in [0.15, 0.2) is 56.6 Å². The molecule has 0 spiro atoms. The second kappa shape index (κ2) is 7.00. The summed E-state index contributed by atoms with van der Waals surface area (Å²) in [6, 6.07) is 8.86. The van der Waals surface area contributed by atoms with Crippen molar-refractivity contribution in [3.8, 4) is 0 Å².